The van der Waals surface area contributed by atoms with E-state index in [0.717, 1.165) is 0 Å². The molecular formula is C10H13F3N2O3S. The maximum absolute atomic E-state index is 11.7. The SMILES string of the molecule is O=S(=O)(NCCCOCC(F)(F)F)c1cccnc1. The van der Waals surface area contributed by atoms with Crippen LogP contribution in [0.3, 0.4) is 0 Å². The number of halogens is 3. The Morgan fingerprint density at radius 1 is 1.37 bits per heavy atom. The molecule has 1 N–H and O–H groups in total. The van der Waals surface area contributed by atoms with Crippen molar-refractivity contribution in [2.75, 3.05) is 19.8 Å². The molecule has 0 bridgehead atoms. The highest BCUT2D eigenvalue weighted by atomic mass is 32.2. The van der Waals surface area contributed by atoms with E-state index in [2.05, 4.69) is 14.4 Å². The molecule has 0 aliphatic carbocycles. The van der Waals surface area contributed by atoms with Crippen molar-refractivity contribution < 1.29 is 26.3 Å². The summed E-state index contributed by atoms with van der Waals surface area (Å²) in [4.78, 5) is 3.67. The number of nitrogens with zero attached hydrogens (tertiary/aromatic N) is 1. The Labute approximate surface area is 108 Å². The average Bonchev–Trinajstić information content (AvgIpc) is 2.33. The van der Waals surface area contributed by atoms with Crippen LogP contribution in [0.2, 0.25) is 0 Å². The van der Waals surface area contributed by atoms with Gasteiger partial charge in [-0.25, -0.2) is 13.1 Å². The highest BCUT2D eigenvalue weighted by molar-refractivity contribution is 7.89. The summed E-state index contributed by atoms with van der Waals surface area (Å²) in [7, 11) is -3.67. The molecule has 1 heterocycles. The summed E-state index contributed by atoms with van der Waals surface area (Å²) in [5, 5.41) is 0. The van der Waals surface area contributed by atoms with E-state index < -0.39 is 22.8 Å². The van der Waals surface area contributed by atoms with Crippen molar-refractivity contribution in [1.82, 2.24) is 9.71 Å². The molecule has 19 heavy (non-hydrogen) atoms. The van der Waals surface area contributed by atoms with E-state index in [1.165, 1.54) is 24.5 Å². The quantitative estimate of drug-likeness (QED) is 0.771. The Hall–Kier alpha value is -1.19. The largest absolute Gasteiger partial charge is 0.411 e. The molecule has 1 rings (SSSR count). The lowest BCUT2D eigenvalue weighted by atomic mass is 10.5. The maximum atomic E-state index is 11.7. The summed E-state index contributed by atoms with van der Waals surface area (Å²) in [5.74, 6) is 0. The number of nitrogens with one attached hydrogen (secondary N) is 1. The van der Waals surface area contributed by atoms with Gasteiger partial charge in [0.15, 0.2) is 0 Å². The minimum atomic E-state index is -4.37. The third-order valence-corrected chi connectivity index (χ3v) is 3.41. The highest BCUT2D eigenvalue weighted by Gasteiger charge is 2.27. The molecule has 1 aromatic heterocycles. The van der Waals surface area contributed by atoms with Crippen LogP contribution in [0.5, 0.6) is 0 Å². The van der Waals surface area contributed by atoms with Gasteiger partial charge in [0.1, 0.15) is 11.5 Å². The average molecular weight is 298 g/mol. The van der Waals surface area contributed by atoms with E-state index >= 15 is 0 Å². The smallest absolute Gasteiger partial charge is 0.372 e. The number of aromatic nitrogens is 1. The minimum Gasteiger partial charge on any atom is -0.372 e. The first-order chi connectivity index (χ1) is 8.81. The standard InChI is InChI=1S/C10H13F3N2O3S/c11-10(12,13)8-18-6-2-5-15-19(16,17)9-3-1-4-14-7-9/h1,3-4,7,15H,2,5-6,8H2. The first kappa shape index (κ1) is 15.9. The number of sulfonamides is 1. The molecule has 108 valence electrons. The number of alkyl halides is 3. The predicted molar refractivity (Wildman–Crippen MR) is 60.9 cm³/mol. The van der Waals surface area contributed by atoms with E-state index in [-0.39, 0.29) is 24.5 Å². The third-order valence-electron chi connectivity index (χ3n) is 1.97. The van der Waals surface area contributed by atoms with Crippen LogP contribution in [0, 0.1) is 0 Å². The van der Waals surface area contributed by atoms with Crippen LogP contribution >= 0.6 is 0 Å². The zero-order valence-corrected chi connectivity index (χ0v) is 10.7. The zero-order valence-electron chi connectivity index (χ0n) is 9.85. The van der Waals surface area contributed by atoms with Crippen molar-refractivity contribution in [1.29, 1.82) is 0 Å². The van der Waals surface area contributed by atoms with Gasteiger partial charge in [-0.05, 0) is 18.6 Å². The van der Waals surface area contributed by atoms with Crippen molar-refractivity contribution in [3.05, 3.63) is 24.5 Å². The van der Waals surface area contributed by atoms with Crippen LogP contribution in [0.4, 0.5) is 13.2 Å². The molecule has 0 fully saturated rings. The number of hydrogen-bond acceptors (Lipinski definition) is 4. The molecule has 0 aromatic carbocycles. The first-order valence-electron chi connectivity index (χ1n) is 5.35. The molecular weight excluding hydrogens is 285 g/mol. The lowest BCUT2D eigenvalue weighted by molar-refractivity contribution is -0.173. The van der Waals surface area contributed by atoms with Crippen LogP contribution in [-0.4, -0.2) is 39.3 Å². The lowest BCUT2D eigenvalue weighted by Crippen LogP contribution is -2.26. The normalized spacial score (nSPS) is 12.6. The van der Waals surface area contributed by atoms with Crippen molar-refractivity contribution >= 4 is 10.0 Å². The summed E-state index contributed by atoms with van der Waals surface area (Å²) >= 11 is 0. The molecule has 9 heteroatoms. The summed E-state index contributed by atoms with van der Waals surface area (Å²) in [6.07, 6.45) is -1.60. The van der Waals surface area contributed by atoms with Gasteiger partial charge in [-0.1, -0.05) is 0 Å². The van der Waals surface area contributed by atoms with Crippen LogP contribution in [0.25, 0.3) is 0 Å². The lowest BCUT2D eigenvalue weighted by Gasteiger charge is -2.08. The van der Waals surface area contributed by atoms with E-state index in [9.17, 15) is 21.6 Å². The Balaban J connectivity index is 2.26. The van der Waals surface area contributed by atoms with E-state index in [4.69, 9.17) is 0 Å². The molecule has 1 aromatic rings. The van der Waals surface area contributed by atoms with Crippen LogP contribution in [0.1, 0.15) is 6.42 Å². The van der Waals surface area contributed by atoms with Gasteiger partial charge >= 0.3 is 6.18 Å². The van der Waals surface area contributed by atoms with E-state index in [0.29, 0.717) is 0 Å². The van der Waals surface area contributed by atoms with Gasteiger partial charge in [0, 0.05) is 25.5 Å². The van der Waals surface area contributed by atoms with Crippen LogP contribution < -0.4 is 4.72 Å². The van der Waals surface area contributed by atoms with Crippen molar-refractivity contribution in [3.63, 3.8) is 0 Å². The second-order valence-corrected chi connectivity index (χ2v) is 5.37. The minimum absolute atomic E-state index is 0.00488. The Morgan fingerprint density at radius 3 is 2.68 bits per heavy atom. The molecule has 0 aliphatic heterocycles. The van der Waals surface area contributed by atoms with E-state index in [1.807, 2.05) is 0 Å². The van der Waals surface area contributed by atoms with Crippen molar-refractivity contribution in [2.24, 2.45) is 0 Å². The van der Waals surface area contributed by atoms with Gasteiger partial charge in [-0.2, -0.15) is 13.2 Å². The molecule has 0 unspecified atom stereocenters. The molecule has 5 nitrogen and oxygen atoms in total. The monoisotopic (exact) mass is 298 g/mol. The van der Waals surface area contributed by atoms with Gasteiger partial charge in [-0.15, -0.1) is 0 Å². The zero-order chi connectivity index (χ0) is 14.4. The molecule has 0 saturated carbocycles. The van der Waals surface area contributed by atoms with Gasteiger partial charge in [0.25, 0.3) is 0 Å². The van der Waals surface area contributed by atoms with Crippen LogP contribution in [-0.2, 0) is 14.8 Å². The number of hydrogen-bond donors (Lipinski definition) is 1. The number of pyridine rings is 1. The summed E-state index contributed by atoms with van der Waals surface area (Å²) < 4.78 is 65.1. The Kier molecular flexibility index (Phi) is 5.70. The van der Waals surface area contributed by atoms with Crippen molar-refractivity contribution in [3.8, 4) is 0 Å². The summed E-state index contributed by atoms with van der Waals surface area (Å²) in [6.45, 7) is -1.51. The maximum Gasteiger partial charge on any atom is 0.411 e. The summed E-state index contributed by atoms with van der Waals surface area (Å²) in [5.41, 5.74) is 0. The second kappa shape index (κ2) is 6.83. The predicted octanol–water partition coefficient (Wildman–Crippen LogP) is 1.33. The van der Waals surface area contributed by atoms with Gasteiger partial charge in [-0.3, -0.25) is 4.98 Å². The fourth-order valence-corrected chi connectivity index (χ4v) is 2.20. The topological polar surface area (TPSA) is 68.3 Å². The molecule has 0 aliphatic rings. The molecule has 0 saturated heterocycles. The second-order valence-electron chi connectivity index (χ2n) is 3.61. The molecule has 0 spiro atoms. The van der Waals surface area contributed by atoms with E-state index in [1.54, 1.807) is 0 Å². The van der Waals surface area contributed by atoms with Gasteiger partial charge < -0.3 is 4.74 Å². The fraction of sp³-hybridized carbons (Fsp3) is 0.500. The van der Waals surface area contributed by atoms with Gasteiger partial charge in [0.05, 0.1) is 0 Å². The molecule has 0 amide bonds. The van der Waals surface area contributed by atoms with Crippen LogP contribution in [0.15, 0.2) is 29.4 Å². The van der Waals surface area contributed by atoms with Crippen molar-refractivity contribution in [2.45, 2.75) is 17.5 Å². The molecule has 0 atom stereocenters. The van der Waals surface area contributed by atoms with Gasteiger partial charge in [0.2, 0.25) is 10.0 Å². The number of rotatable bonds is 7. The Morgan fingerprint density at radius 2 is 2.11 bits per heavy atom. The Bertz CT molecular complexity index is 477. The number of ether oxygens (including phenoxy) is 1. The molecule has 0 radical (unpaired) electrons. The summed E-state index contributed by atoms with van der Waals surface area (Å²) in [6, 6.07) is 2.84. The third kappa shape index (κ3) is 6.50. The highest BCUT2D eigenvalue weighted by Crippen LogP contribution is 2.14. The first-order valence-corrected chi connectivity index (χ1v) is 6.84. The fourth-order valence-electron chi connectivity index (χ4n) is 1.16.